The fourth-order valence-corrected chi connectivity index (χ4v) is 2.15. The highest BCUT2D eigenvalue weighted by Gasteiger charge is 2.12. The molecule has 21 heavy (non-hydrogen) atoms. The van der Waals surface area contributed by atoms with Crippen molar-refractivity contribution in [1.82, 2.24) is 5.32 Å². The molecule has 0 bridgehead atoms. The lowest BCUT2D eigenvalue weighted by atomic mass is 10.1. The lowest BCUT2D eigenvalue weighted by molar-refractivity contribution is 0.0474. The number of nitrogens with one attached hydrogen (secondary N) is 1. The van der Waals surface area contributed by atoms with Gasteiger partial charge in [-0.2, -0.15) is 0 Å². The molecule has 0 aliphatic rings. The molecule has 1 unspecified atom stereocenters. The van der Waals surface area contributed by atoms with Crippen LogP contribution < -0.4 is 10.1 Å². The number of hydrogen-bond donors (Lipinski definition) is 1. The average Bonchev–Trinajstić information content (AvgIpc) is 2.46. The first-order valence-corrected chi connectivity index (χ1v) is 8.01. The minimum atomic E-state index is 0.102. The maximum atomic E-state index is 6.10. The largest absolute Gasteiger partial charge is 0.497 e. The van der Waals surface area contributed by atoms with Crippen LogP contribution in [0, 0.1) is 5.92 Å². The Kier molecular flexibility index (Phi) is 8.40. The van der Waals surface area contributed by atoms with E-state index < -0.39 is 0 Å². The summed E-state index contributed by atoms with van der Waals surface area (Å²) in [6, 6.07) is 8.64. The smallest absolute Gasteiger partial charge is 0.118 e. The van der Waals surface area contributed by atoms with E-state index in [1.165, 1.54) is 12.0 Å². The van der Waals surface area contributed by atoms with Crippen molar-refractivity contribution in [2.24, 2.45) is 5.92 Å². The third-order valence-electron chi connectivity index (χ3n) is 3.44. The molecule has 0 fully saturated rings. The monoisotopic (exact) mass is 293 g/mol. The van der Waals surface area contributed by atoms with Crippen LogP contribution in [0.15, 0.2) is 24.3 Å². The van der Waals surface area contributed by atoms with E-state index in [4.69, 9.17) is 9.47 Å². The molecule has 0 aliphatic heterocycles. The Labute approximate surface area is 130 Å². The molecule has 1 atom stereocenters. The topological polar surface area (TPSA) is 30.5 Å². The molecule has 0 saturated heterocycles. The molecule has 3 nitrogen and oxygen atoms in total. The van der Waals surface area contributed by atoms with Crippen LogP contribution in [0.2, 0.25) is 0 Å². The fourth-order valence-electron chi connectivity index (χ4n) is 2.15. The van der Waals surface area contributed by atoms with Gasteiger partial charge >= 0.3 is 0 Å². The van der Waals surface area contributed by atoms with Gasteiger partial charge in [0.15, 0.2) is 0 Å². The van der Waals surface area contributed by atoms with Crippen molar-refractivity contribution in [2.75, 3.05) is 20.3 Å². The Morgan fingerprint density at radius 3 is 2.24 bits per heavy atom. The van der Waals surface area contributed by atoms with Crippen molar-refractivity contribution in [3.8, 4) is 5.75 Å². The van der Waals surface area contributed by atoms with Crippen LogP contribution in [0.25, 0.3) is 0 Å². The van der Waals surface area contributed by atoms with Gasteiger partial charge in [-0.1, -0.05) is 39.8 Å². The van der Waals surface area contributed by atoms with E-state index >= 15 is 0 Å². The van der Waals surface area contributed by atoms with Gasteiger partial charge in [0.25, 0.3) is 0 Å². The highest BCUT2D eigenvalue weighted by molar-refractivity contribution is 5.28. The minimum Gasteiger partial charge on any atom is -0.497 e. The minimum absolute atomic E-state index is 0.102. The zero-order chi connectivity index (χ0) is 15.7. The molecule has 0 heterocycles. The number of benzene rings is 1. The lowest BCUT2D eigenvalue weighted by Crippen LogP contribution is -2.29. The normalized spacial score (nSPS) is 12.9. The Bertz CT molecular complexity index is 373. The van der Waals surface area contributed by atoms with Gasteiger partial charge in [-0.3, -0.25) is 0 Å². The number of rotatable bonds is 10. The lowest BCUT2D eigenvalue weighted by Gasteiger charge is -2.21. The van der Waals surface area contributed by atoms with Crippen LogP contribution in [0.4, 0.5) is 0 Å². The quantitative estimate of drug-likeness (QED) is 0.656. The van der Waals surface area contributed by atoms with Gasteiger partial charge in [0.05, 0.1) is 13.2 Å². The molecule has 0 radical (unpaired) electrons. The highest BCUT2D eigenvalue weighted by atomic mass is 16.5. The van der Waals surface area contributed by atoms with Crippen molar-refractivity contribution >= 4 is 0 Å². The van der Waals surface area contributed by atoms with Crippen LogP contribution in [-0.4, -0.2) is 26.3 Å². The van der Waals surface area contributed by atoms with E-state index in [2.05, 4.69) is 45.1 Å². The van der Waals surface area contributed by atoms with Crippen molar-refractivity contribution in [1.29, 1.82) is 0 Å². The average molecular weight is 293 g/mol. The molecule has 3 heteroatoms. The summed E-state index contributed by atoms with van der Waals surface area (Å²) in [4.78, 5) is 0. The van der Waals surface area contributed by atoms with E-state index in [1.807, 2.05) is 12.1 Å². The summed E-state index contributed by atoms with van der Waals surface area (Å²) in [5, 5.41) is 3.47. The van der Waals surface area contributed by atoms with Gasteiger partial charge < -0.3 is 14.8 Å². The van der Waals surface area contributed by atoms with Gasteiger partial charge in [0.2, 0.25) is 0 Å². The van der Waals surface area contributed by atoms with Crippen molar-refractivity contribution in [3.05, 3.63) is 29.8 Å². The molecule has 0 saturated carbocycles. The molecule has 0 aliphatic carbocycles. The van der Waals surface area contributed by atoms with E-state index in [0.717, 1.165) is 31.2 Å². The highest BCUT2D eigenvalue weighted by Crippen LogP contribution is 2.21. The Balaban J connectivity index is 2.57. The Morgan fingerprint density at radius 1 is 1.05 bits per heavy atom. The van der Waals surface area contributed by atoms with Gasteiger partial charge in [0, 0.05) is 19.2 Å². The second-order valence-electron chi connectivity index (χ2n) is 6.23. The third-order valence-corrected chi connectivity index (χ3v) is 3.44. The molecule has 1 N–H and O–H groups in total. The summed E-state index contributed by atoms with van der Waals surface area (Å²) < 4.78 is 11.3. The first kappa shape index (κ1) is 18.0. The third kappa shape index (κ3) is 7.49. The van der Waals surface area contributed by atoms with Gasteiger partial charge in [-0.05, 0) is 36.5 Å². The predicted molar refractivity (Wildman–Crippen MR) is 88.9 cm³/mol. The van der Waals surface area contributed by atoms with Gasteiger partial charge in [0.1, 0.15) is 5.75 Å². The zero-order valence-corrected chi connectivity index (χ0v) is 14.2. The molecular formula is C18H31NO2. The van der Waals surface area contributed by atoms with E-state index in [9.17, 15) is 0 Å². The fraction of sp³-hybridized carbons (Fsp3) is 0.667. The van der Waals surface area contributed by atoms with Crippen LogP contribution in [0.1, 0.15) is 52.2 Å². The maximum Gasteiger partial charge on any atom is 0.118 e. The standard InChI is InChI=1S/C18H31NO2/c1-14(2)7-6-12-21-18(13-19-15(3)4)16-8-10-17(20-5)11-9-16/h8-11,14-15,18-19H,6-7,12-13H2,1-5H3. The number of methoxy groups -OCH3 is 1. The Morgan fingerprint density at radius 2 is 1.71 bits per heavy atom. The van der Waals surface area contributed by atoms with Crippen molar-refractivity contribution in [3.63, 3.8) is 0 Å². The van der Waals surface area contributed by atoms with E-state index in [0.29, 0.717) is 6.04 Å². The summed E-state index contributed by atoms with van der Waals surface area (Å²) >= 11 is 0. The zero-order valence-electron chi connectivity index (χ0n) is 14.2. The second-order valence-corrected chi connectivity index (χ2v) is 6.23. The second kappa shape index (κ2) is 9.80. The molecule has 0 aromatic heterocycles. The van der Waals surface area contributed by atoms with E-state index in [-0.39, 0.29) is 6.10 Å². The number of ether oxygens (including phenoxy) is 2. The summed E-state index contributed by atoms with van der Waals surface area (Å²) in [5.74, 6) is 1.62. The predicted octanol–water partition coefficient (Wildman–Crippen LogP) is 4.19. The van der Waals surface area contributed by atoms with Crippen LogP contribution in [-0.2, 0) is 4.74 Å². The molecule has 0 spiro atoms. The summed E-state index contributed by atoms with van der Waals surface area (Å²) in [5.41, 5.74) is 1.20. The van der Waals surface area contributed by atoms with Crippen molar-refractivity contribution in [2.45, 2.75) is 52.7 Å². The van der Waals surface area contributed by atoms with Crippen molar-refractivity contribution < 1.29 is 9.47 Å². The van der Waals surface area contributed by atoms with Gasteiger partial charge in [-0.15, -0.1) is 0 Å². The molecular weight excluding hydrogens is 262 g/mol. The SMILES string of the molecule is COc1ccc(C(CNC(C)C)OCCCC(C)C)cc1. The van der Waals surface area contributed by atoms with Crippen LogP contribution in [0.5, 0.6) is 5.75 Å². The molecule has 120 valence electrons. The number of hydrogen-bond acceptors (Lipinski definition) is 3. The van der Waals surface area contributed by atoms with E-state index in [1.54, 1.807) is 7.11 Å². The van der Waals surface area contributed by atoms with Crippen LogP contribution in [0.3, 0.4) is 0 Å². The first-order chi connectivity index (χ1) is 10.0. The summed E-state index contributed by atoms with van der Waals surface area (Å²) in [6.07, 6.45) is 2.43. The molecule has 0 amide bonds. The molecule has 1 rings (SSSR count). The molecule has 1 aromatic rings. The van der Waals surface area contributed by atoms with Crippen LogP contribution >= 0.6 is 0 Å². The summed E-state index contributed by atoms with van der Waals surface area (Å²) in [7, 11) is 1.69. The Hall–Kier alpha value is -1.06. The maximum absolute atomic E-state index is 6.10. The first-order valence-electron chi connectivity index (χ1n) is 8.01. The summed E-state index contributed by atoms with van der Waals surface area (Å²) in [6.45, 7) is 10.5. The van der Waals surface area contributed by atoms with Gasteiger partial charge in [-0.25, -0.2) is 0 Å². The molecule has 1 aromatic carbocycles.